The first kappa shape index (κ1) is 27.1. The zero-order valence-electron chi connectivity index (χ0n) is 19.1. The molecule has 1 aromatic carbocycles. The number of hydrogen-bond acceptors (Lipinski definition) is 5. The van der Waals surface area contributed by atoms with Gasteiger partial charge < -0.3 is 15.6 Å². The first-order chi connectivity index (χ1) is 15.5. The van der Waals surface area contributed by atoms with Crippen molar-refractivity contribution in [1.29, 1.82) is 0 Å². The molecule has 0 saturated carbocycles. The van der Waals surface area contributed by atoms with Crippen LogP contribution in [0.5, 0.6) is 5.75 Å². The highest BCUT2D eigenvalue weighted by Crippen LogP contribution is 2.11. The molecule has 0 fully saturated rings. The Morgan fingerprint density at radius 1 is 0.906 bits per heavy atom. The van der Waals surface area contributed by atoms with E-state index in [2.05, 4.69) is 55.5 Å². The number of benzene rings is 1. The minimum Gasteiger partial charge on any atom is -0.508 e. The number of esters is 2. The van der Waals surface area contributed by atoms with Crippen LogP contribution in [-0.4, -0.2) is 23.1 Å². The molecule has 0 aliphatic heterocycles. The summed E-state index contributed by atoms with van der Waals surface area (Å²) >= 11 is 0. The number of hydrogen-bond donors (Lipinski definition) is 2. The van der Waals surface area contributed by atoms with Gasteiger partial charge in [0.15, 0.2) is 0 Å². The Labute approximate surface area is 192 Å². The zero-order chi connectivity index (χ0) is 23.4. The Hall–Kier alpha value is -2.92. The van der Waals surface area contributed by atoms with Crippen LogP contribution >= 0.6 is 0 Å². The van der Waals surface area contributed by atoms with E-state index in [9.17, 15) is 14.7 Å². The fourth-order valence-corrected chi connectivity index (χ4v) is 2.84. The normalized spacial score (nSPS) is 12.9. The minimum absolute atomic E-state index is 0.144. The molecule has 0 amide bonds. The van der Waals surface area contributed by atoms with Gasteiger partial charge in [-0.3, -0.25) is 4.79 Å². The molecule has 32 heavy (non-hydrogen) atoms. The van der Waals surface area contributed by atoms with E-state index in [0.29, 0.717) is 6.42 Å². The van der Waals surface area contributed by atoms with Crippen LogP contribution in [-0.2, 0) is 20.7 Å². The Morgan fingerprint density at radius 3 is 2.06 bits per heavy atom. The summed E-state index contributed by atoms with van der Waals surface area (Å²) in [6.07, 6.45) is 24.0. The van der Waals surface area contributed by atoms with Gasteiger partial charge in [0.2, 0.25) is 0 Å². The smallest absolute Gasteiger partial charge is 0.330 e. The third-order valence-electron chi connectivity index (χ3n) is 4.63. The topological polar surface area (TPSA) is 89.6 Å². The van der Waals surface area contributed by atoms with Gasteiger partial charge >= 0.3 is 11.9 Å². The molecule has 1 atom stereocenters. The average molecular weight is 440 g/mol. The fraction of sp³-hybridized carbons (Fsp3) is 0.407. The van der Waals surface area contributed by atoms with Gasteiger partial charge in [-0.05, 0) is 69.1 Å². The summed E-state index contributed by atoms with van der Waals surface area (Å²) in [5.41, 5.74) is 6.60. The number of rotatable bonds is 15. The van der Waals surface area contributed by atoms with Crippen LogP contribution in [0, 0.1) is 0 Å². The molecule has 0 spiro atoms. The zero-order valence-corrected chi connectivity index (χ0v) is 19.1. The maximum Gasteiger partial charge on any atom is 0.330 e. The second-order valence-electron chi connectivity index (χ2n) is 7.52. The molecule has 5 heteroatoms. The van der Waals surface area contributed by atoms with E-state index in [-0.39, 0.29) is 18.6 Å². The largest absolute Gasteiger partial charge is 0.508 e. The van der Waals surface area contributed by atoms with Crippen molar-refractivity contribution < 1.29 is 19.4 Å². The van der Waals surface area contributed by atoms with Gasteiger partial charge in [0.1, 0.15) is 11.8 Å². The maximum atomic E-state index is 11.9. The quantitative estimate of drug-likeness (QED) is 0.158. The lowest BCUT2D eigenvalue weighted by molar-refractivity contribution is -0.160. The van der Waals surface area contributed by atoms with Crippen LogP contribution in [0.2, 0.25) is 0 Å². The van der Waals surface area contributed by atoms with Crippen molar-refractivity contribution in [3.8, 4) is 5.75 Å². The van der Waals surface area contributed by atoms with Crippen LogP contribution in [0.25, 0.3) is 0 Å². The Morgan fingerprint density at radius 2 is 1.47 bits per heavy atom. The van der Waals surface area contributed by atoms with Crippen molar-refractivity contribution >= 4 is 11.9 Å². The summed E-state index contributed by atoms with van der Waals surface area (Å²) in [6, 6.07) is 5.49. The summed E-state index contributed by atoms with van der Waals surface area (Å²) in [6.45, 7) is 2.13. The van der Waals surface area contributed by atoms with E-state index in [1.165, 1.54) is 12.1 Å². The van der Waals surface area contributed by atoms with Gasteiger partial charge in [0.25, 0.3) is 0 Å². The molecule has 0 aromatic heterocycles. The van der Waals surface area contributed by atoms with E-state index in [1.807, 2.05) is 0 Å². The number of nitrogens with two attached hydrogens (primary N) is 1. The number of carbonyl (C=O) groups is 2. The molecular weight excluding hydrogens is 402 g/mol. The van der Waals surface area contributed by atoms with Crippen molar-refractivity contribution in [2.24, 2.45) is 5.73 Å². The predicted octanol–water partition coefficient (Wildman–Crippen LogP) is 5.70. The van der Waals surface area contributed by atoms with Gasteiger partial charge in [-0.15, -0.1) is 0 Å². The second kappa shape index (κ2) is 17.7. The van der Waals surface area contributed by atoms with E-state index in [0.717, 1.165) is 44.1 Å². The average Bonchev–Trinajstić information content (AvgIpc) is 2.77. The Kier molecular flexibility index (Phi) is 15.0. The Balaban J connectivity index is 2.07. The molecule has 5 nitrogen and oxygen atoms in total. The van der Waals surface area contributed by atoms with E-state index >= 15 is 0 Å². The van der Waals surface area contributed by atoms with Gasteiger partial charge in [-0.2, -0.15) is 0 Å². The maximum absolute atomic E-state index is 11.9. The number of allylic oxidation sites excluding steroid dienone is 8. The SMILES string of the molecule is CC/C=C\C/C=C\C/C=C\C/C=C\CCCCC(=O)OC(=O)[C@@H](N)Cc1ccc(O)cc1. The van der Waals surface area contributed by atoms with E-state index in [1.54, 1.807) is 12.1 Å². The first-order valence-electron chi connectivity index (χ1n) is 11.4. The van der Waals surface area contributed by atoms with Crippen LogP contribution < -0.4 is 5.73 Å². The standard InChI is InChI=1S/C27H37NO4/c1-2-3-4-5-6-7-8-9-10-11-12-13-14-15-16-17-26(30)32-27(31)25(28)22-23-18-20-24(29)21-19-23/h3-4,6-7,9-10,12-13,18-21,25,29H,2,5,8,11,14-17,22,28H2,1H3/b4-3-,7-6-,10-9-,13-12-/t25-/m0/s1. The third-order valence-corrected chi connectivity index (χ3v) is 4.63. The number of unbranched alkanes of at least 4 members (excludes halogenated alkanes) is 2. The van der Waals surface area contributed by atoms with Crippen molar-refractivity contribution in [3.63, 3.8) is 0 Å². The lowest BCUT2D eigenvalue weighted by atomic mass is 10.1. The number of phenolic OH excluding ortho intramolecular Hbond substituents is 1. The molecule has 0 saturated heterocycles. The number of carbonyl (C=O) groups excluding carboxylic acids is 2. The third kappa shape index (κ3) is 14.1. The summed E-state index contributed by atoms with van der Waals surface area (Å²) in [4.78, 5) is 23.8. The highest BCUT2D eigenvalue weighted by atomic mass is 16.6. The number of aromatic hydroxyl groups is 1. The molecule has 174 valence electrons. The Bertz CT molecular complexity index is 775. The molecule has 3 N–H and O–H groups in total. The van der Waals surface area contributed by atoms with Crippen LogP contribution in [0.1, 0.15) is 63.9 Å². The first-order valence-corrected chi connectivity index (χ1v) is 11.4. The van der Waals surface area contributed by atoms with E-state index < -0.39 is 18.0 Å². The van der Waals surface area contributed by atoms with Gasteiger partial charge in [-0.25, -0.2) is 4.79 Å². The van der Waals surface area contributed by atoms with Gasteiger partial charge in [0, 0.05) is 6.42 Å². The van der Waals surface area contributed by atoms with E-state index in [4.69, 9.17) is 10.5 Å². The predicted molar refractivity (Wildman–Crippen MR) is 130 cm³/mol. The monoisotopic (exact) mass is 439 g/mol. The fourth-order valence-electron chi connectivity index (χ4n) is 2.84. The lowest BCUT2D eigenvalue weighted by Crippen LogP contribution is -2.35. The molecule has 0 radical (unpaired) electrons. The summed E-state index contributed by atoms with van der Waals surface area (Å²) in [5, 5.41) is 9.27. The molecule has 0 aliphatic carbocycles. The van der Waals surface area contributed by atoms with Crippen molar-refractivity contribution in [3.05, 3.63) is 78.4 Å². The molecule has 1 rings (SSSR count). The molecule has 1 aromatic rings. The summed E-state index contributed by atoms with van der Waals surface area (Å²) in [7, 11) is 0. The highest BCUT2D eigenvalue weighted by Gasteiger charge is 2.19. The number of ether oxygens (including phenoxy) is 1. The van der Waals surface area contributed by atoms with Crippen LogP contribution in [0.15, 0.2) is 72.9 Å². The highest BCUT2D eigenvalue weighted by molar-refractivity contribution is 5.88. The van der Waals surface area contributed by atoms with Crippen LogP contribution in [0.4, 0.5) is 0 Å². The van der Waals surface area contributed by atoms with Crippen molar-refractivity contribution in [2.75, 3.05) is 0 Å². The lowest BCUT2D eigenvalue weighted by Gasteiger charge is -2.10. The second-order valence-corrected chi connectivity index (χ2v) is 7.52. The van der Waals surface area contributed by atoms with Gasteiger partial charge in [-0.1, -0.05) is 67.7 Å². The summed E-state index contributed by atoms with van der Waals surface area (Å²) < 4.78 is 4.84. The molecule has 0 aliphatic rings. The van der Waals surface area contributed by atoms with Crippen LogP contribution in [0.3, 0.4) is 0 Å². The minimum atomic E-state index is -0.909. The number of phenols is 1. The molecule has 0 heterocycles. The summed E-state index contributed by atoms with van der Waals surface area (Å²) in [5.74, 6) is -1.12. The van der Waals surface area contributed by atoms with Crippen molar-refractivity contribution in [2.45, 2.75) is 70.8 Å². The molecule has 0 unspecified atom stereocenters. The van der Waals surface area contributed by atoms with Gasteiger partial charge in [0.05, 0.1) is 0 Å². The van der Waals surface area contributed by atoms with Crippen molar-refractivity contribution in [1.82, 2.24) is 0 Å². The molecular formula is C27H37NO4. The molecule has 0 bridgehead atoms.